The molecule has 1 heterocycles. The number of nitrogens with zero attached hydrogens (tertiary/aromatic N) is 1. The molecule has 2 unspecified atom stereocenters. The third kappa shape index (κ3) is 2.96. The zero-order chi connectivity index (χ0) is 9.68. The molecule has 2 atom stereocenters. The van der Waals surface area contributed by atoms with Crippen LogP contribution in [0.2, 0.25) is 0 Å². The molecule has 13 heavy (non-hydrogen) atoms. The first-order valence-electron chi connectivity index (χ1n) is 5.75. The van der Waals surface area contributed by atoms with E-state index in [-0.39, 0.29) is 0 Å². The Hall–Kier alpha value is -0.0800. The number of hydrogen-bond donors (Lipinski definition) is 1. The van der Waals surface area contributed by atoms with Gasteiger partial charge in [-0.1, -0.05) is 20.3 Å². The van der Waals surface area contributed by atoms with Gasteiger partial charge in [0, 0.05) is 12.6 Å². The van der Waals surface area contributed by atoms with Gasteiger partial charge in [-0.3, -0.25) is 4.90 Å². The van der Waals surface area contributed by atoms with Crippen molar-refractivity contribution in [3.05, 3.63) is 0 Å². The molecule has 0 bridgehead atoms. The van der Waals surface area contributed by atoms with Gasteiger partial charge < -0.3 is 5.73 Å². The molecule has 0 aromatic rings. The zero-order valence-corrected chi connectivity index (χ0v) is 9.13. The second-order valence-electron chi connectivity index (χ2n) is 4.22. The van der Waals surface area contributed by atoms with Crippen LogP contribution in [0.15, 0.2) is 0 Å². The molecule has 0 spiro atoms. The van der Waals surface area contributed by atoms with Crippen LogP contribution in [0.1, 0.15) is 39.5 Å². The maximum atomic E-state index is 5.80. The van der Waals surface area contributed by atoms with Crippen molar-refractivity contribution in [2.24, 2.45) is 11.7 Å². The molecule has 2 heteroatoms. The maximum Gasteiger partial charge on any atom is 0.0221 e. The van der Waals surface area contributed by atoms with Gasteiger partial charge in [0.15, 0.2) is 0 Å². The third-order valence-corrected chi connectivity index (χ3v) is 3.31. The van der Waals surface area contributed by atoms with Crippen molar-refractivity contribution in [2.45, 2.75) is 45.6 Å². The minimum Gasteiger partial charge on any atom is -0.329 e. The van der Waals surface area contributed by atoms with Gasteiger partial charge in [0.2, 0.25) is 0 Å². The summed E-state index contributed by atoms with van der Waals surface area (Å²) in [6, 6.07) is 0.665. The fraction of sp³-hybridized carbons (Fsp3) is 1.00. The molecule has 2 nitrogen and oxygen atoms in total. The summed E-state index contributed by atoms with van der Waals surface area (Å²) < 4.78 is 0. The van der Waals surface area contributed by atoms with Crippen LogP contribution in [0.4, 0.5) is 0 Å². The van der Waals surface area contributed by atoms with Crippen LogP contribution in [-0.2, 0) is 0 Å². The van der Waals surface area contributed by atoms with E-state index in [1.54, 1.807) is 0 Å². The third-order valence-electron chi connectivity index (χ3n) is 3.31. The molecule has 78 valence electrons. The Bertz CT molecular complexity index is 136. The molecular weight excluding hydrogens is 160 g/mol. The Kier molecular flexibility index (Phi) is 4.74. The summed E-state index contributed by atoms with van der Waals surface area (Å²) in [4.78, 5) is 2.58. The van der Waals surface area contributed by atoms with E-state index in [1.807, 2.05) is 0 Å². The fourth-order valence-corrected chi connectivity index (χ4v) is 2.38. The minimum atomic E-state index is 0.665. The minimum absolute atomic E-state index is 0.665. The second kappa shape index (κ2) is 5.61. The first-order valence-corrected chi connectivity index (χ1v) is 5.75. The quantitative estimate of drug-likeness (QED) is 0.722. The predicted molar refractivity (Wildman–Crippen MR) is 57.7 cm³/mol. The summed E-state index contributed by atoms with van der Waals surface area (Å²) in [7, 11) is 0. The largest absolute Gasteiger partial charge is 0.329 e. The molecule has 0 aromatic carbocycles. The Labute approximate surface area is 82.5 Å². The average molecular weight is 184 g/mol. The highest BCUT2D eigenvalue weighted by Gasteiger charge is 2.25. The maximum absolute atomic E-state index is 5.80. The second-order valence-corrected chi connectivity index (χ2v) is 4.22. The van der Waals surface area contributed by atoms with E-state index in [2.05, 4.69) is 18.7 Å². The zero-order valence-electron chi connectivity index (χ0n) is 9.13. The van der Waals surface area contributed by atoms with Gasteiger partial charge in [0.05, 0.1) is 0 Å². The molecule has 1 aliphatic rings. The van der Waals surface area contributed by atoms with Crippen LogP contribution >= 0.6 is 0 Å². The standard InChI is InChI=1S/C11H24N2/c1-3-6-13-7-5-10(4-2)8-11(13)9-12/h10-11H,3-9,12H2,1-2H3. The van der Waals surface area contributed by atoms with Crippen molar-refractivity contribution in [1.29, 1.82) is 0 Å². The lowest BCUT2D eigenvalue weighted by atomic mass is 9.89. The van der Waals surface area contributed by atoms with Gasteiger partial charge in [0.1, 0.15) is 0 Å². The molecule has 0 amide bonds. The molecule has 1 saturated heterocycles. The van der Waals surface area contributed by atoms with Gasteiger partial charge in [-0.2, -0.15) is 0 Å². The lowest BCUT2D eigenvalue weighted by molar-refractivity contribution is 0.115. The summed E-state index contributed by atoms with van der Waals surface area (Å²) in [5.41, 5.74) is 5.80. The summed E-state index contributed by atoms with van der Waals surface area (Å²) in [6.45, 7) is 7.90. The highest BCUT2D eigenvalue weighted by Crippen LogP contribution is 2.24. The molecule has 1 aliphatic heterocycles. The highest BCUT2D eigenvalue weighted by molar-refractivity contribution is 4.81. The normalized spacial score (nSPS) is 30.7. The van der Waals surface area contributed by atoms with Crippen molar-refractivity contribution >= 4 is 0 Å². The predicted octanol–water partition coefficient (Wildman–Crippen LogP) is 1.85. The summed E-state index contributed by atoms with van der Waals surface area (Å²) in [6.07, 6.45) is 5.30. The monoisotopic (exact) mass is 184 g/mol. The molecule has 0 aliphatic carbocycles. The van der Waals surface area contributed by atoms with E-state index in [0.717, 1.165) is 12.5 Å². The molecule has 1 rings (SSSR count). The smallest absolute Gasteiger partial charge is 0.0221 e. The van der Waals surface area contributed by atoms with Crippen LogP contribution in [-0.4, -0.2) is 30.6 Å². The number of likely N-dealkylation sites (tertiary alicyclic amines) is 1. The average Bonchev–Trinajstić information content (AvgIpc) is 2.19. The number of hydrogen-bond acceptors (Lipinski definition) is 2. The van der Waals surface area contributed by atoms with E-state index >= 15 is 0 Å². The Morgan fingerprint density at radius 3 is 2.69 bits per heavy atom. The Morgan fingerprint density at radius 2 is 2.15 bits per heavy atom. The number of rotatable bonds is 4. The summed E-state index contributed by atoms with van der Waals surface area (Å²) in [5.74, 6) is 0.932. The molecular formula is C11H24N2. The fourth-order valence-electron chi connectivity index (χ4n) is 2.38. The first kappa shape index (κ1) is 11.0. The van der Waals surface area contributed by atoms with E-state index in [0.29, 0.717) is 6.04 Å². The Balaban J connectivity index is 2.40. The lowest BCUT2D eigenvalue weighted by Gasteiger charge is -2.38. The van der Waals surface area contributed by atoms with Gasteiger partial charge in [-0.25, -0.2) is 0 Å². The summed E-state index contributed by atoms with van der Waals surface area (Å²) in [5, 5.41) is 0. The molecule has 0 saturated carbocycles. The van der Waals surface area contributed by atoms with Crippen LogP contribution in [0.5, 0.6) is 0 Å². The van der Waals surface area contributed by atoms with Crippen molar-refractivity contribution in [1.82, 2.24) is 4.90 Å². The van der Waals surface area contributed by atoms with E-state index in [9.17, 15) is 0 Å². The van der Waals surface area contributed by atoms with Gasteiger partial charge >= 0.3 is 0 Å². The molecule has 1 fully saturated rings. The van der Waals surface area contributed by atoms with Crippen LogP contribution in [0, 0.1) is 5.92 Å². The van der Waals surface area contributed by atoms with E-state index in [1.165, 1.54) is 38.8 Å². The molecule has 2 N–H and O–H groups in total. The molecule has 0 aromatic heterocycles. The van der Waals surface area contributed by atoms with Gasteiger partial charge in [-0.15, -0.1) is 0 Å². The van der Waals surface area contributed by atoms with Crippen molar-refractivity contribution in [2.75, 3.05) is 19.6 Å². The van der Waals surface area contributed by atoms with E-state index < -0.39 is 0 Å². The number of nitrogens with two attached hydrogens (primary N) is 1. The first-order chi connectivity index (χ1) is 6.31. The van der Waals surface area contributed by atoms with Crippen molar-refractivity contribution in [3.8, 4) is 0 Å². The Morgan fingerprint density at radius 1 is 1.38 bits per heavy atom. The highest BCUT2D eigenvalue weighted by atomic mass is 15.2. The summed E-state index contributed by atoms with van der Waals surface area (Å²) >= 11 is 0. The van der Waals surface area contributed by atoms with Crippen LogP contribution in [0.3, 0.4) is 0 Å². The number of piperidine rings is 1. The molecule has 0 radical (unpaired) electrons. The lowest BCUT2D eigenvalue weighted by Crippen LogP contribution is -2.46. The van der Waals surface area contributed by atoms with Crippen LogP contribution < -0.4 is 5.73 Å². The topological polar surface area (TPSA) is 29.3 Å². The van der Waals surface area contributed by atoms with Gasteiger partial charge in [0.25, 0.3) is 0 Å². The van der Waals surface area contributed by atoms with Crippen molar-refractivity contribution < 1.29 is 0 Å². The van der Waals surface area contributed by atoms with E-state index in [4.69, 9.17) is 5.73 Å². The SMILES string of the molecule is CCCN1CCC(CC)CC1CN. The van der Waals surface area contributed by atoms with Gasteiger partial charge in [-0.05, 0) is 38.3 Å². The van der Waals surface area contributed by atoms with Crippen LogP contribution in [0.25, 0.3) is 0 Å². The van der Waals surface area contributed by atoms with Crippen molar-refractivity contribution in [3.63, 3.8) is 0 Å².